The van der Waals surface area contributed by atoms with Crippen LogP contribution in [0.1, 0.15) is 18.2 Å². The smallest absolute Gasteiger partial charge is 0.139 e. The summed E-state index contributed by atoms with van der Waals surface area (Å²) in [6.45, 7) is 4.87. The van der Waals surface area contributed by atoms with Gasteiger partial charge in [0.25, 0.3) is 0 Å². The van der Waals surface area contributed by atoms with Crippen molar-refractivity contribution in [2.24, 2.45) is 0 Å². The Labute approximate surface area is 94.9 Å². The SMILES string of the molecule is Cc1cccn2c(CN[C@@H](C)CO)cnc12. The van der Waals surface area contributed by atoms with Crippen LogP contribution in [0.4, 0.5) is 0 Å². The molecule has 0 spiro atoms. The summed E-state index contributed by atoms with van der Waals surface area (Å²) >= 11 is 0. The van der Waals surface area contributed by atoms with E-state index in [-0.39, 0.29) is 12.6 Å². The van der Waals surface area contributed by atoms with Gasteiger partial charge in [0.15, 0.2) is 0 Å². The molecule has 2 heterocycles. The molecule has 2 N–H and O–H groups in total. The molecular weight excluding hydrogens is 202 g/mol. The van der Waals surface area contributed by atoms with E-state index in [0.29, 0.717) is 6.54 Å². The van der Waals surface area contributed by atoms with Crippen molar-refractivity contribution < 1.29 is 5.11 Å². The number of rotatable bonds is 4. The van der Waals surface area contributed by atoms with Crippen LogP contribution >= 0.6 is 0 Å². The molecule has 0 unspecified atom stereocenters. The molecule has 0 radical (unpaired) electrons. The van der Waals surface area contributed by atoms with E-state index >= 15 is 0 Å². The molecule has 0 bridgehead atoms. The van der Waals surface area contributed by atoms with E-state index in [1.54, 1.807) is 0 Å². The van der Waals surface area contributed by atoms with Crippen molar-refractivity contribution in [2.45, 2.75) is 26.4 Å². The number of hydrogen-bond acceptors (Lipinski definition) is 3. The second-order valence-corrected chi connectivity index (χ2v) is 4.10. The van der Waals surface area contributed by atoms with Crippen molar-refractivity contribution in [3.63, 3.8) is 0 Å². The number of aromatic nitrogens is 2. The normalized spacial score (nSPS) is 13.2. The van der Waals surface area contributed by atoms with Crippen molar-refractivity contribution in [1.29, 1.82) is 0 Å². The summed E-state index contributed by atoms with van der Waals surface area (Å²) in [6, 6.07) is 4.18. The minimum absolute atomic E-state index is 0.107. The van der Waals surface area contributed by atoms with E-state index < -0.39 is 0 Å². The largest absolute Gasteiger partial charge is 0.395 e. The Kier molecular flexibility index (Phi) is 3.22. The zero-order chi connectivity index (χ0) is 11.5. The summed E-state index contributed by atoms with van der Waals surface area (Å²) in [5, 5.41) is 12.2. The summed E-state index contributed by atoms with van der Waals surface area (Å²) in [7, 11) is 0. The van der Waals surface area contributed by atoms with E-state index in [0.717, 1.165) is 11.3 Å². The number of fused-ring (bicyclic) bond motifs is 1. The molecule has 86 valence electrons. The highest BCUT2D eigenvalue weighted by molar-refractivity contribution is 5.48. The second kappa shape index (κ2) is 4.63. The number of pyridine rings is 1. The van der Waals surface area contributed by atoms with E-state index in [2.05, 4.69) is 27.7 Å². The molecule has 0 aliphatic heterocycles. The maximum Gasteiger partial charge on any atom is 0.139 e. The van der Waals surface area contributed by atoms with Crippen molar-refractivity contribution in [3.05, 3.63) is 35.8 Å². The minimum Gasteiger partial charge on any atom is -0.395 e. The van der Waals surface area contributed by atoms with Crippen molar-refractivity contribution in [2.75, 3.05) is 6.61 Å². The lowest BCUT2D eigenvalue weighted by molar-refractivity contribution is 0.250. The Balaban J connectivity index is 2.22. The molecule has 2 rings (SSSR count). The molecule has 0 amide bonds. The maximum atomic E-state index is 8.94. The van der Waals surface area contributed by atoms with Crippen LogP contribution in [0.5, 0.6) is 0 Å². The third-order valence-electron chi connectivity index (χ3n) is 2.71. The molecule has 0 fully saturated rings. The van der Waals surface area contributed by atoms with Gasteiger partial charge in [0.2, 0.25) is 0 Å². The fourth-order valence-electron chi connectivity index (χ4n) is 1.68. The predicted molar refractivity (Wildman–Crippen MR) is 63.3 cm³/mol. The first kappa shape index (κ1) is 11.1. The maximum absolute atomic E-state index is 8.94. The third kappa shape index (κ3) is 2.08. The lowest BCUT2D eigenvalue weighted by Gasteiger charge is -2.10. The van der Waals surface area contributed by atoms with Gasteiger partial charge >= 0.3 is 0 Å². The highest BCUT2D eigenvalue weighted by Gasteiger charge is 2.05. The van der Waals surface area contributed by atoms with Gasteiger partial charge in [-0.2, -0.15) is 0 Å². The Hall–Kier alpha value is -1.39. The zero-order valence-corrected chi connectivity index (χ0v) is 9.64. The van der Waals surface area contributed by atoms with Gasteiger partial charge in [0.1, 0.15) is 5.65 Å². The first-order chi connectivity index (χ1) is 7.72. The molecule has 0 aliphatic rings. The van der Waals surface area contributed by atoms with Gasteiger partial charge < -0.3 is 14.8 Å². The van der Waals surface area contributed by atoms with Crippen molar-refractivity contribution >= 4 is 5.65 Å². The summed E-state index contributed by atoms with van der Waals surface area (Å²) in [5.41, 5.74) is 3.28. The highest BCUT2D eigenvalue weighted by atomic mass is 16.3. The molecule has 2 aromatic heterocycles. The van der Waals surface area contributed by atoms with Gasteiger partial charge in [0.05, 0.1) is 18.5 Å². The Morgan fingerprint density at radius 1 is 1.56 bits per heavy atom. The van der Waals surface area contributed by atoms with Crippen LogP contribution in [0, 0.1) is 6.92 Å². The predicted octanol–water partition coefficient (Wildman–Crippen LogP) is 1.11. The van der Waals surface area contributed by atoms with Crippen LogP contribution in [-0.4, -0.2) is 27.1 Å². The van der Waals surface area contributed by atoms with Crippen LogP contribution in [0.15, 0.2) is 24.5 Å². The molecular formula is C12H17N3O. The van der Waals surface area contributed by atoms with Crippen LogP contribution in [-0.2, 0) is 6.54 Å². The van der Waals surface area contributed by atoms with Gasteiger partial charge in [-0.3, -0.25) is 0 Å². The van der Waals surface area contributed by atoms with E-state index in [4.69, 9.17) is 5.11 Å². The lowest BCUT2D eigenvalue weighted by atomic mass is 10.3. The molecule has 0 saturated carbocycles. The Bertz CT molecular complexity index is 478. The third-order valence-corrected chi connectivity index (χ3v) is 2.71. The molecule has 0 aromatic carbocycles. The number of nitrogens with zero attached hydrogens (tertiary/aromatic N) is 2. The van der Waals surface area contributed by atoms with E-state index in [9.17, 15) is 0 Å². The lowest BCUT2D eigenvalue weighted by Crippen LogP contribution is -2.29. The Morgan fingerprint density at radius 3 is 3.12 bits per heavy atom. The first-order valence-electron chi connectivity index (χ1n) is 5.48. The highest BCUT2D eigenvalue weighted by Crippen LogP contribution is 2.10. The quantitative estimate of drug-likeness (QED) is 0.810. The summed E-state index contributed by atoms with van der Waals surface area (Å²) < 4.78 is 2.08. The number of aliphatic hydroxyl groups excluding tert-OH is 1. The van der Waals surface area contributed by atoms with Crippen LogP contribution in [0.25, 0.3) is 5.65 Å². The standard InChI is InChI=1S/C12H17N3O/c1-9-4-3-5-15-11(7-14-12(9)15)6-13-10(2)8-16/h3-5,7,10,13,16H,6,8H2,1-2H3/t10-/m0/s1. The molecule has 4 nitrogen and oxygen atoms in total. The molecule has 1 atom stereocenters. The summed E-state index contributed by atoms with van der Waals surface area (Å²) in [6.07, 6.45) is 3.88. The van der Waals surface area contributed by atoms with Crippen LogP contribution in [0.3, 0.4) is 0 Å². The molecule has 2 aromatic rings. The van der Waals surface area contributed by atoms with Crippen molar-refractivity contribution in [1.82, 2.24) is 14.7 Å². The average molecular weight is 219 g/mol. The van der Waals surface area contributed by atoms with Gasteiger partial charge in [-0.15, -0.1) is 0 Å². The van der Waals surface area contributed by atoms with Crippen LogP contribution in [0.2, 0.25) is 0 Å². The molecule has 4 heteroatoms. The Morgan fingerprint density at radius 2 is 2.38 bits per heavy atom. The van der Waals surface area contributed by atoms with Crippen molar-refractivity contribution in [3.8, 4) is 0 Å². The monoisotopic (exact) mass is 219 g/mol. The first-order valence-corrected chi connectivity index (χ1v) is 5.48. The summed E-state index contributed by atoms with van der Waals surface area (Å²) in [5.74, 6) is 0. The van der Waals surface area contributed by atoms with Gasteiger partial charge in [0, 0.05) is 18.8 Å². The second-order valence-electron chi connectivity index (χ2n) is 4.10. The van der Waals surface area contributed by atoms with Gasteiger partial charge in [-0.1, -0.05) is 6.07 Å². The topological polar surface area (TPSA) is 49.6 Å². The van der Waals surface area contributed by atoms with E-state index in [1.807, 2.05) is 25.4 Å². The number of nitrogens with one attached hydrogen (secondary N) is 1. The number of aliphatic hydroxyl groups is 1. The molecule has 0 saturated heterocycles. The van der Waals surface area contributed by atoms with Crippen LogP contribution < -0.4 is 5.32 Å². The average Bonchev–Trinajstić information content (AvgIpc) is 2.70. The molecule has 16 heavy (non-hydrogen) atoms. The number of hydrogen-bond donors (Lipinski definition) is 2. The number of imidazole rings is 1. The zero-order valence-electron chi connectivity index (χ0n) is 9.64. The fourth-order valence-corrected chi connectivity index (χ4v) is 1.68. The summed E-state index contributed by atoms with van der Waals surface area (Å²) in [4.78, 5) is 4.38. The van der Waals surface area contributed by atoms with Gasteiger partial charge in [-0.05, 0) is 25.5 Å². The molecule has 0 aliphatic carbocycles. The minimum atomic E-state index is 0.107. The van der Waals surface area contributed by atoms with Gasteiger partial charge in [-0.25, -0.2) is 4.98 Å². The fraction of sp³-hybridized carbons (Fsp3) is 0.417. The van der Waals surface area contributed by atoms with E-state index in [1.165, 1.54) is 5.56 Å². The number of aryl methyl sites for hydroxylation is 1.